The monoisotopic (exact) mass is 273 g/mol. The molecule has 0 spiro atoms. The number of nitrogens with zero attached hydrogens (tertiary/aromatic N) is 1. The maximum Gasteiger partial charge on any atom is 0.251 e. The number of rotatable bonds is 5. The van der Waals surface area contributed by atoms with Gasteiger partial charge in [-0.25, -0.2) is 4.39 Å². The minimum Gasteiger partial charge on any atom is -0.366 e. The predicted molar refractivity (Wildman–Crippen MR) is 70.2 cm³/mol. The molecule has 0 aromatic heterocycles. The van der Waals surface area contributed by atoms with Crippen LogP contribution in [0.2, 0.25) is 5.02 Å². The average molecular weight is 274 g/mol. The quantitative estimate of drug-likeness (QED) is 0.841. The normalized spacial score (nSPS) is 12.8. The SMILES string of the molecule is CN(C)[C@H](CN)Cc1ccc(C(N)=O)c(F)c1Cl. The first-order valence-electron chi connectivity index (χ1n) is 5.51. The van der Waals surface area contributed by atoms with E-state index in [-0.39, 0.29) is 16.6 Å². The second-order valence-corrected chi connectivity index (χ2v) is 4.70. The summed E-state index contributed by atoms with van der Waals surface area (Å²) in [7, 11) is 3.78. The first-order chi connectivity index (χ1) is 8.38. The van der Waals surface area contributed by atoms with Gasteiger partial charge >= 0.3 is 0 Å². The van der Waals surface area contributed by atoms with E-state index in [4.69, 9.17) is 23.1 Å². The van der Waals surface area contributed by atoms with Crippen LogP contribution in [0.25, 0.3) is 0 Å². The van der Waals surface area contributed by atoms with E-state index < -0.39 is 11.7 Å². The second kappa shape index (κ2) is 6.13. The average Bonchev–Trinajstić information content (AvgIpc) is 2.30. The van der Waals surface area contributed by atoms with Crippen molar-refractivity contribution in [3.05, 3.63) is 34.1 Å². The molecular formula is C12H17ClFN3O. The van der Waals surface area contributed by atoms with Gasteiger partial charge in [-0.15, -0.1) is 0 Å². The summed E-state index contributed by atoms with van der Waals surface area (Å²) in [6, 6.07) is 3.01. The van der Waals surface area contributed by atoms with Gasteiger partial charge in [-0.2, -0.15) is 0 Å². The van der Waals surface area contributed by atoms with Crippen LogP contribution in [0.1, 0.15) is 15.9 Å². The Bertz CT molecular complexity index is 451. The summed E-state index contributed by atoms with van der Waals surface area (Å²) in [4.78, 5) is 12.9. The number of amides is 1. The van der Waals surface area contributed by atoms with E-state index >= 15 is 0 Å². The van der Waals surface area contributed by atoms with Gasteiger partial charge in [0.2, 0.25) is 0 Å². The van der Waals surface area contributed by atoms with Crippen LogP contribution >= 0.6 is 11.6 Å². The molecule has 4 nitrogen and oxygen atoms in total. The lowest BCUT2D eigenvalue weighted by molar-refractivity contribution is 0.0996. The standard InChI is InChI=1S/C12H17ClFN3O/c1-17(2)8(6-15)5-7-3-4-9(12(16)18)11(14)10(7)13/h3-4,8H,5-6,15H2,1-2H3,(H2,16,18)/t8-/m0/s1. The summed E-state index contributed by atoms with van der Waals surface area (Å²) in [6.07, 6.45) is 0.512. The number of hydrogen-bond donors (Lipinski definition) is 2. The lowest BCUT2D eigenvalue weighted by atomic mass is 10.0. The van der Waals surface area contributed by atoms with E-state index in [0.717, 1.165) is 0 Å². The van der Waals surface area contributed by atoms with Crippen molar-refractivity contribution in [1.82, 2.24) is 4.90 Å². The third-order valence-electron chi connectivity index (χ3n) is 2.89. The Morgan fingerprint density at radius 3 is 2.56 bits per heavy atom. The number of halogens is 2. The van der Waals surface area contributed by atoms with Crippen LogP contribution in [0, 0.1) is 5.82 Å². The molecule has 0 unspecified atom stereocenters. The highest BCUT2D eigenvalue weighted by Gasteiger charge is 2.18. The van der Waals surface area contributed by atoms with Gasteiger partial charge < -0.3 is 16.4 Å². The molecule has 1 rings (SSSR count). The van der Waals surface area contributed by atoms with Gasteiger partial charge in [-0.1, -0.05) is 17.7 Å². The lowest BCUT2D eigenvalue weighted by Crippen LogP contribution is -2.37. The Morgan fingerprint density at radius 1 is 1.50 bits per heavy atom. The summed E-state index contributed by atoms with van der Waals surface area (Å²) < 4.78 is 13.8. The molecule has 0 bridgehead atoms. The second-order valence-electron chi connectivity index (χ2n) is 4.32. The maximum absolute atomic E-state index is 13.8. The van der Waals surface area contributed by atoms with Crippen LogP contribution in [0.3, 0.4) is 0 Å². The molecule has 0 saturated carbocycles. The zero-order chi connectivity index (χ0) is 13.9. The molecule has 1 aromatic rings. The fraction of sp³-hybridized carbons (Fsp3) is 0.417. The van der Waals surface area contributed by atoms with Gasteiger partial charge in [0.1, 0.15) is 0 Å². The molecule has 0 aliphatic heterocycles. The highest BCUT2D eigenvalue weighted by Crippen LogP contribution is 2.24. The number of primary amides is 1. The maximum atomic E-state index is 13.8. The Morgan fingerprint density at radius 2 is 2.11 bits per heavy atom. The van der Waals surface area contributed by atoms with E-state index in [9.17, 15) is 9.18 Å². The Kier molecular flexibility index (Phi) is 5.07. The van der Waals surface area contributed by atoms with Crippen molar-refractivity contribution in [2.75, 3.05) is 20.6 Å². The van der Waals surface area contributed by atoms with E-state index in [1.807, 2.05) is 19.0 Å². The molecule has 0 aliphatic carbocycles. The molecule has 0 aliphatic rings. The Balaban J connectivity index is 3.05. The molecule has 0 radical (unpaired) electrons. The van der Waals surface area contributed by atoms with Gasteiger partial charge in [-0.05, 0) is 32.1 Å². The van der Waals surface area contributed by atoms with Gasteiger partial charge in [0.05, 0.1) is 10.6 Å². The van der Waals surface area contributed by atoms with Crippen molar-refractivity contribution in [1.29, 1.82) is 0 Å². The Hall–Kier alpha value is -1.17. The van der Waals surface area contributed by atoms with Crippen LogP contribution in [-0.2, 0) is 6.42 Å². The smallest absolute Gasteiger partial charge is 0.251 e. The van der Waals surface area contributed by atoms with E-state index in [1.165, 1.54) is 6.07 Å². The lowest BCUT2D eigenvalue weighted by Gasteiger charge is -2.23. The fourth-order valence-corrected chi connectivity index (χ4v) is 1.91. The topological polar surface area (TPSA) is 72.3 Å². The van der Waals surface area contributed by atoms with Crippen LogP contribution in [0.5, 0.6) is 0 Å². The highest BCUT2D eigenvalue weighted by atomic mass is 35.5. The van der Waals surface area contributed by atoms with Gasteiger partial charge in [0.15, 0.2) is 5.82 Å². The first kappa shape index (κ1) is 14.9. The first-order valence-corrected chi connectivity index (χ1v) is 5.89. The van der Waals surface area contributed by atoms with Crippen molar-refractivity contribution >= 4 is 17.5 Å². The molecular weight excluding hydrogens is 257 g/mol. The molecule has 0 saturated heterocycles. The third kappa shape index (κ3) is 3.19. The van der Waals surface area contributed by atoms with Crippen LogP contribution < -0.4 is 11.5 Å². The van der Waals surface area contributed by atoms with Crippen molar-refractivity contribution in [3.63, 3.8) is 0 Å². The number of hydrogen-bond acceptors (Lipinski definition) is 3. The van der Waals surface area contributed by atoms with Crippen molar-refractivity contribution < 1.29 is 9.18 Å². The van der Waals surface area contributed by atoms with Crippen molar-refractivity contribution in [2.24, 2.45) is 11.5 Å². The summed E-state index contributed by atoms with van der Waals surface area (Å²) >= 11 is 5.91. The number of carbonyl (C=O) groups is 1. The largest absolute Gasteiger partial charge is 0.366 e. The molecule has 4 N–H and O–H groups in total. The number of likely N-dealkylation sites (N-methyl/N-ethyl adjacent to an activating group) is 1. The zero-order valence-corrected chi connectivity index (χ0v) is 11.2. The molecule has 6 heteroatoms. The van der Waals surface area contributed by atoms with Gasteiger partial charge in [0, 0.05) is 12.6 Å². The van der Waals surface area contributed by atoms with E-state index in [1.54, 1.807) is 6.07 Å². The van der Waals surface area contributed by atoms with Crippen molar-refractivity contribution in [3.8, 4) is 0 Å². The van der Waals surface area contributed by atoms with E-state index in [2.05, 4.69) is 0 Å². The summed E-state index contributed by atoms with van der Waals surface area (Å²) in [5, 5.41) is -0.0633. The molecule has 1 amide bonds. The molecule has 0 fully saturated rings. The molecule has 1 aromatic carbocycles. The van der Waals surface area contributed by atoms with E-state index in [0.29, 0.717) is 18.5 Å². The van der Waals surface area contributed by atoms with Crippen molar-refractivity contribution in [2.45, 2.75) is 12.5 Å². The molecule has 100 valence electrons. The molecule has 1 atom stereocenters. The number of benzene rings is 1. The fourth-order valence-electron chi connectivity index (χ4n) is 1.67. The Labute approximate surface area is 111 Å². The minimum absolute atomic E-state index is 0.0568. The van der Waals surface area contributed by atoms with Crippen LogP contribution in [0.4, 0.5) is 4.39 Å². The molecule has 0 heterocycles. The van der Waals surface area contributed by atoms with Crippen LogP contribution in [-0.4, -0.2) is 37.5 Å². The summed E-state index contributed by atoms with van der Waals surface area (Å²) in [5.74, 6) is -1.60. The molecule has 18 heavy (non-hydrogen) atoms. The highest BCUT2D eigenvalue weighted by molar-refractivity contribution is 6.32. The zero-order valence-electron chi connectivity index (χ0n) is 10.4. The van der Waals surface area contributed by atoms with Gasteiger partial charge in [-0.3, -0.25) is 4.79 Å². The summed E-state index contributed by atoms with van der Waals surface area (Å²) in [6.45, 7) is 0.433. The number of nitrogens with two attached hydrogens (primary N) is 2. The third-order valence-corrected chi connectivity index (χ3v) is 3.29. The summed E-state index contributed by atoms with van der Waals surface area (Å²) in [5.41, 5.74) is 11.1. The van der Waals surface area contributed by atoms with Crippen LogP contribution in [0.15, 0.2) is 12.1 Å². The van der Waals surface area contributed by atoms with Gasteiger partial charge in [0.25, 0.3) is 5.91 Å². The number of carbonyl (C=O) groups excluding carboxylic acids is 1. The predicted octanol–water partition coefficient (Wildman–Crippen LogP) is 1.01. The minimum atomic E-state index is -0.830.